The molecule has 1 aromatic carbocycles. The molecule has 0 bridgehead atoms. The number of carboxylic acids is 4. The van der Waals surface area contributed by atoms with Crippen LogP contribution >= 0.6 is 0 Å². The van der Waals surface area contributed by atoms with Crippen LogP contribution in [0.15, 0.2) is 36.8 Å². The smallest absolute Gasteiger partial charge is 0.321 e. The number of benzene rings is 1. The maximum Gasteiger partial charge on any atom is 0.321 e. The van der Waals surface area contributed by atoms with Gasteiger partial charge in [-0.2, -0.15) is 0 Å². The molecule has 0 spiro atoms. The van der Waals surface area contributed by atoms with E-state index in [9.17, 15) is 44.1 Å². The average molecular weight is 691 g/mol. The summed E-state index contributed by atoms with van der Waals surface area (Å²) < 4.78 is 0. The topological polar surface area (TPSA) is 263 Å². The molecule has 17 heteroatoms. The molecule has 1 aromatic heterocycles. The molecule has 2 rings (SSSR count). The SMILES string of the molecule is O=C(O)CN(CCN(CC(=O)O)C(CC(CCCCCC(=O)NCCc1cnc[nH]1)NC(=O)CCc1ccc(O)cc1)C(=O)O)CC(=O)O. The number of aromatic amines is 1. The van der Waals surface area contributed by atoms with E-state index in [4.69, 9.17) is 10.2 Å². The van der Waals surface area contributed by atoms with Crippen LogP contribution in [0.3, 0.4) is 0 Å². The number of aryl methyl sites for hydroxylation is 1. The molecule has 0 aliphatic heterocycles. The van der Waals surface area contributed by atoms with Gasteiger partial charge in [0.05, 0.1) is 26.0 Å². The maximum atomic E-state index is 13.0. The number of phenols is 1. The van der Waals surface area contributed by atoms with Gasteiger partial charge >= 0.3 is 23.9 Å². The molecule has 2 unspecified atom stereocenters. The predicted molar refractivity (Wildman–Crippen MR) is 174 cm³/mol. The number of carbonyl (C=O) groups is 6. The van der Waals surface area contributed by atoms with Gasteiger partial charge in [-0.25, -0.2) is 4.98 Å². The van der Waals surface area contributed by atoms with Gasteiger partial charge in [-0.3, -0.25) is 38.6 Å². The number of amides is 2. The molecule has 2 amide bonds. The molecule has 0 aliphatic carbocycles. The highest BCUT2D eigenvalue weighted by Crippen LogP contribution is 2.16. The van der Waals surface area contributed by atoms with Gasteiger partial charge in [0.2, 0.25) is 11.8 Å². The highest BCUT2D eigenvalue weighted by molar-refractivity contribution is 5.78. The van der Waals surface area contributed by atoms with Crippen molar-refractivity contribution in [2.24, 2.45) is 0 Å². The zero-order valence-corrected chi connectivity index (χ0v) is 27.3. The molecular weight excluding hydrogens is 644 g/mol. The lowest BCUT2D eigenvalue weighted by atomic mass is 9.98. The van der Waals surface area contributed by atoms with Crippen molar-refractivity contribution in [3.8, 4) is 5.75 Å². The Morgan fingerprint density at radius 2 is 1.47 bits per heavy atom. The molecule has 0 fully saturated rings. The number of aromatic nitrogens is 2. The molecule has 0 radical (unpaired) electrons. The Labute approximate surface area is 283 Å². The lowest BCUT2D eigenvalue weighted by Gasteiger charge is -2.32. The minimum atomic E-state index is -1.41. The van der Waals surface area contributed by atoms with Gasteiger partial charge in [-0.15, -0.1) is 0 Å². The number of hydrogen-bond donors (Lipinski definition) is 8. The van der Waals surface area contributed by atoms with Crippen molar-refractivity contribution in [1.82, 2.24) is 30.4 Å². The largest absolute Gasteiger partial charge is 0.508 e. The summed E-state index contributed by atoms with van der Waals surface area (Å²) in [6.07, 6.45) is 6.38. The highest BCUT2D eigenvalue weighted by Gasteiger charge is 2.31. The number of nitrogens with zero attached hydrogens (tertiary/aromatic N) is 3. The van der Waals surface area contributed by atoms with Gasteiger partial charge in [0.15, 0.2) is 0 Å². The first-order chi connectivity index (χ1) is 23.3. The molecule has 270 valence electrons. The third kappa shape index (κ3) is 17.6. The van der Waals surface area contributed by atoms with Crippen LogP contribution in [0.4, 0.5) is 0 Å². The fourth-order valence-electron chi connectivity index (χ4n) is 5.23. The van der Waals surface area contributed by atoms with E-state index in [1.54, 1.807) is 24.7 Å². The second kappa shape index (κ2) is 21.8. The number of nitrogens with one attached hydrogen (secondary N) is 3. The molecule has 17 nitrogen and oxygen atoms in total. The van der Waals surface area contributed by atoms with Crippen molar-refractivity contribution in [3.63, 3.8) is 0 Å². The molecule has 2 atom stereocenters. The Kier molecular flexibility index (Phi) is 17.8. The minimum absolute atomic E-state index is 0.0654. The molecule has 49 heavy (non-hydrogen) atoms. The number of rotatable bonds is 26. The quantitative estimate of drug-likeness (QED) is 0.0627. The van der Waals surface area contributed by atoms with Gasteiger partial charge in [-0.05, 0) is 43.4 Å². The second-order valence-electron chi connectivity index (χ2n) is 11.7. The van der Waals surface area contributed by atoms with Gasteiger partial charge in [0.1, 0.15) is 11.8 Å². The molecular formula is C32H46N6O11. The Hall–Kier alpha value is -5.03. The summed E-state index contributed by atoms with van der Waals surface area (Å²) in [6.45, 7) is -2.06. The Bertz CT molecular complexity index is 1340. The summed E-state index contributed by atoms with van der Waals surface area (Å²) in [5.74, 6) is -5.71. The Morgan fingerprint density at radius 3 is 2.06 bits per heavy atom. The van der Waals surface area contributed by atoms with Crippen LogP contribution < -0.4 is 10.6 Å². The van der Waals surface area contributed by atoms with E-state index in [2.05, 4.69) is 20.6 Å². The van der Waals surface area contributed by atoms with Crippen LogP contribution in [-0.2, 0) is 41.6 Å². The lowest BCUT2D eigenvalue weighted by Crippen LogP contribution is -2.51. The number of carbonyl (C=O) groups excluding carboxylic acids is 2. The van der Waals surface area contributed by atoms with Crippen molar-refractivity contribution in [2.75, 3.05) is 39.3 Å². The third-order valence-electron chi connectivity index (χ3n) is 7.66. The third-order valence-corrected chi connectivity index (χ3v) is 7.66. The number of unbranched alkanes of at least 4 members (excludes halogenated alkanes) is 2. The summed E-state index contributed by atoms with van der Waals surface area (Å²) in [7, 11) is 0. The summed E-state index contributed by atoms with van der Waals surface area (Å²) in [4.78, 5) is 80.9. The summed E-state index contributed by atoms with van der Waals surface area (Å²) >= 11 is 0. The van der Waals surface area contributed by atoms with E-state index >= 15 is 0 Å². The fourth-order valence-corrected chi connectivity index (χ4v) is 5.23. The highest BCUT2D eigenvalue weighted by atomic mass is 16.4. The van der Waals surface area contributed by atoms with Crippen LogP contribution in [0, 0.1) is 0 Å². The molecule has 2 aromatic rings. The summed E-state index contributed by atoms with van der Waals surface area (Å²) in [5.41, 5.74) is 1.70. The van der Waals surface area contributed by atoms with Crippen molar-refractivity contribution in [3.05, 3.63) is 48.0 Å². The number of carboxylic acid groups (broad SMARTS) is 4. The molecule has 0 aliphatic rings. The van der Waals surface area contributed by atoms with Crippen LogP contribution in [0.5, 0.6) is 5.75 Å². The number of phenolic OH excluding ortho intramolecular Hbond substituents is 1. The predicted octanol–water partition coefficient (Wildman–Crippen LogP) is 0.543. The normalized spacial score (nSPS) is 12.4. The van der Waals surface area contributed by atoms with E-state index in [1.165, 1.54) is 12.1 Å². The maximum absolute atomic E-state index is 13.0. The van der Waals surface area contributed by atoms with Gasteiger partial charge in [0, 0.05) is 56.8 Å². The van der Waals surface area contributed by atoms with E-state index in [-0.39, 0.29) is 49.9 Å². The van der Waals surface area contributed by atoms with Crippen molar-refractivity contribution >= 4 is 35.7 Å². The van der Waals surface area contributed by atoms with E-state index in [0.717, 1.165) is 21.1 Å². The average Bonchev–Trinajstić information content (AvgIpc) is 3.54. The lowest BCUT2D eigenvalue weighted by molar-refractivity contribution is -0.149. The number of hydrogen-bond acceptors (Lipinski definition) is 10. The van der Waals surface area contributed by atoms with E-state index < -0.39 is 55.6 Å². The number of aromatic hydroxyl groups is 1. The van der Waals surface area contributed by atoms with Crippen molar-refractivity contribution < 1.29 is 54.3 Å². The first kappa shape index (κ1) is 40.1. The molecule has 0 saturated carbocycles. The number of aliphatic carboxylic acids is 4. The molecule has 8 N–H and O–H groups in total. The van der Waals surface area contributed by atoms with E-state index in [0.29, 0.717) is 45.1 Å². The number of imidazole rings is 1. The van der Waals surface area contributed by atoms with Gasteiger partial charge in [-0.1, -0.05) is 25.0 Å². The Morgan fingerprint density at radius 1 is 0.796 bits per heavy atom. The number of H-pyrrole nitrogens is 1. The molecule has 0 saturated heterocycles. The Balaban J connectivity index is 2.06. The van der Waals surface area contributed by atoms with Gasteiger partial charge < -0.3 is 41.2 Å². The minimum Gasteiger partial charge on any atom is -0.508 e. The zero-order valence-electron chi connectivity index (χ0n) is 27.3. The zero-order chi connectivity index (χ0) is 36.2. The van der Waals surface area contributed by atoms with Crippen LogP contribution in [-0.4, -0.2) is 132 Å². The summed E-state index contributed by atoms with van der Waals surface area (Å²) in [6, 6.07) is 4.25. The van der Waals surface area contributed by atoms with E-state index in [1.807, 2.05) is 0 Å². The standard InChI is InChI=1S/C32H46N6O11/c39-25-9-6-22(7-10-25)8-11-28(41)36-23(4-2-1-3-5-27(40)34-13-12-24-17-33-21-35-24)16-26(32(48)49)38(20-31(46)47)15-14-37(18-29(42)43)19-30(44)45/h6-7,9-10,17,21,23,26,39H,1-5,8,11-16,18-20H2,(H,33,35)(H,34,40)(H,36,41)(H,42,43)(H,44,45)(H,46,47)(H,48,49). The summed E-state index contributed by atoms with van der Waals surface area (Å²) in [5, 5.41) is 53.2. The van der Waals surface area contributed by atoms with Crippen LogP contribution in [0.1, 0.15) is 56.2 Å². The first-order valence-electron chi connectivity index (χ1n) is 16.0. The van der Waals surface area contributed by atoms with Crippen LogP contribution in [0.25, 0.3) is 0 Å². The fraction of sp³-hybridized carbons (Fsp3) is 0.531. The monoisotopic (exact) mass is 690 g/mol. The van der Waals surface area contributed by atoms with Gasteiger partial charge in [0.25, 0.3) is 0 Å². The van der Waals surface area contributed by atoms with Crippen molar-refractivity contribution in [1.29, 1.82) is 0 Å². The van der Waals surface area contributed by atoms with Crippen molar-refractivity contribution in [2.45, 2.75) is 69.9 Å². The van der Waals surface area contributed by atoms with Crippen LogP contribution in [0.2, 0.25) is 0 Å². The first-order valence-corrected chi connectivity index (χ1v) is 16.0. The second-order valence-corrected chi connectivity index (χ2v) is 11.7. The molecule has 1 heterocycles.